The lowest BCUT2D eigenvalue weighted by Crippen LogP contribution is -2.17. The molecule has 0 fully saturated rings. The average molecular weight is 560 g/mol. The lowest BCUT2D eigenvalue weighted by molar-refractivity contribution is 0.0998. The Labute approximate surface area is 215 Å². The van der Waals surface area contributed by atoms with E-state index in [4.69, 9.17) is 0 Å². The predicted molar refractivity (Wildman–Crippen MR) is 140 cm³/mol. The van der Waals surface area contributed by atoms with Crippen LogP contribution < -0.4 is 10.1 Å². The van der Waals surface area contributed by atoms with Crippen LogP contribution in [0.3, 0.4) is 0 Å². The second kappa shape index (κ2) is 9.84. The highest BCUT2D eigenvalue weighted by Gasteiger charge is 2.19. The Bertz CT molecular complexity index is 1730. The first-order valence-electron chi connectivity index (χ1n) is 10.8. The van der Waals surface area contributed by atoms with Gasteiger partial charge in [0.2, 0.25) is 0 Å². The third-order valence-electron chi connectivity index (χ3n) is 5.21. The van der Waals surface area contributed by atoms with Crippen LogP contribution in [0.15, 0.2) is 118 Å². The molecule has 0 atom stereocenters. The van der Waals surface area contributed by atoms with Gasteiger partial charge in [-0.1, -0.05) is 46.3 Å². The van der Waals surface area contributed by atoms with Crippen LogP contribution in [0.2, 0.25) is 0 Å². The molecule has 0 saturated heterocycles. The minimum absolute atomic E-state index is 0.0617. The molecule has 2 heterocycles. The smallest absolute Gasteiger partial charge is 0.277 e. The highest BCUT2D eigenvalue weighted by Crippen LogP contribution is 2.24. The number of anilines is 1. The van der Waals surface area contributed by atoms with Gasteiger partial charge in [-0.15, -0.1) is 0 Å². The topological polar surface area (TPSA) is 106 Å². The minimum Gasteiger partial charge on any atom is -0.305 e. The Kier molecular flexibility index (Phi) is 6.45. The summed E-state index contributed by atoms with van der Waals surface area (Å²) in [6, 6.07) is 25.5. The van der Waals surface area contributed by atoms with Crippen molar-refractivity contribution in [1.82, 2.24) is 14.5 Å². The Balaban J connectivity index is 1.55. The maximum Gasteiger partial charge on any atom is 0.277 e. The molecule has 1 N–H and O–H groups in total. The summed E-state index contributed by atoms with van der Waals surface area (Å²) >= 11 is 3.31. The molecule has 0 aliphatic heterocycles. The Hall–Kier alpha value is -4.15. The fraction of sp³-hybridized carbons (Fsp3) is 0. The normalized spacial score (nSPS) is 11.2. The number of carbonyl (C=O) groups is 1. The number of fused-ring (bicyclic) bond motifs is 1. The van der Waals surface area contributed by atoms with E-state index in [2.05, 4.69) is 35.6 Å². The highest BCUT2D eigenvalue weighted by atomic mass is 79.9. The van der Waals surface area contributed by atoms with Crippen molar-refractivity contribution in [2.75, 3.05) is 4.72 Å². The van der Waals surface area contributed by atoms with Gasteiger partial charge in [-0.2, -0.15) is 0 Å². The van der Waals surface area contributed by atoms with Gasteiger partial charge >= 0.3 is 0 Å². The second-order valence-electron chi connectivity index (χ2n) is 7.69. The van der Waals surface area contributed by atoms with Crippen LogP contribution in [0.1, 0.15) is 10.4 Å². The van der Waals surface area contributed by atoms with Crippen LogP contribution in [0.5, 0.6) is 0 Å². The van der Waals surface area contributed by atoms with E-state index in [9.17, 15) is 13.2 Å². The Morgan fingerprint density at radius 2 is 1.42 bits per heavy atom. The molecule has 0 radical (unpaired) electrons. The van der Waals surface area contributed by atoms with E-state index in [1.165, 1.54) is 12.1 Å². The molecule has 0 unspecified atom stereocenters. The van der Waals surface area contributed by atoms with Crippen molar-refractivity contribution >= 4 is 48.7 Å². The van der Waals surface area contributed by atoms with Crippen molar-refractivity contribution < 1.29 is 13.2 Å². The molecule has 10 heteroatoms. The van der Waals surface area contributed by atoms with Crippen LogP contribution in [0, 0.1) is 0 Å². The quantitative estimate of drug-likeness (QED) is 0.335. The van der Waals surface area contributed by atoms with E-state index in [-0.39, 0.29) is 22.4 Å². The number of para-hydroxylation sites is 2. The van der Waals surface area contributed by atoms with Crippen LogP contribution >= 0.6 is 15.9 Å². The van der Waals surface area contributed by atoms with Crippen molar-refractivity contribution in [2.24, 2.45) is 4.99 Å². The number of hydrogen-bond donors (Lipinski definition) is 1. The zero-order chi connectivity index (χ0) is 25.1. The molecule has 5 aromatic rings. The molecule has 178 valence electrons. The van der Waals surface area contributed by atoms with Gasteiger partial charge < -0.3 is 4.57 Å². The fourth-order valence-corrected chi connectivity index (χ4v) is 4.70. The molecule has 5 rings (SSSR count). The first-order chi connectivity index (χ1) is 17.4. The number of hydrogen-bond acceptors (Lipinski definition) is 5. The molecule has 0 saturated carbocycles. The summed E-state index contributed by atoms with van der Waals surface area (Å²) in [5.41, 5.74) is 1.62. The summed E-state index contributed by atoms with van der Waals surface area (Å²) in [6.07, 6.45) is 3.29. The number of pyridine rings is 1. The molecule has 36 heavy (non-hydrogen) atoms. The summed E-state index contributed by atoms with van der Waals surface area (Å²) in [6.45, 7) is 0. The van der Waals surface area contributed by atoms with E-state index in [0.717, 1.165) is 4.47 Å². The molecular formula is C26H18BrN5O3S. The average Bonchev–Trinajstić information content (AvgIpc) is 2.89. The monoisotopic (exact) mass is 559 g/mol. The van der Waals surface area contributed by atoms with Gasteiger partial charge in [0, 0.05) is 22.4 Å². The summed E-state index contributed by atoms with van der Waals surface area (Å²) in [5, 5.41) is 0.450. The number of nitrogens with one attached hydrogen (secondary N) is 1. The van der Waals surface area contributed by atoms with Gasteiger partial charge in [0.1, 0.15) is 0 Å². The molecule has 0 spiro atoms. The van der Waals surface area contributed by atoms with Crippen molar-refractivity contribution in [1.29, 1.82) is 0 Å². The molecule has 2 aromatic heterocycles. The number of benzene rings is 3. The van der Waals surface area contributed by atoms with Gasteiger partial charge in [-0.05, 0) is 60.7 Å². The van der Waals surface area contributed by atoms with Gasteiger partial charge in [0.25, 0.3) is 15.9 Å². The molecule has 0 aliphatic rings. The molecule has 0 bridgehead atoms. The third-order valence-corrected chi connectivity index (χ3v) is 7.10. The summed E-state index contributed by atoms with van der Waals surface area (Å²) < 4.78 is 31.1. The number of rotatable bonds is 5. The zero-order valence-electron chi connectivity index (χ0n) is 18.6. The number of sulfonamides is 1. The Morgan fingerprint density at radius 3 is 2.08 bits per heavy atom. The maximum absolute atomic E-state index is 13.1. The van der Waals surface area contributed by atoms with Crippen LogP contribution in [0.25, 0.3) is 16.9 Å². The fourth-order valence-electron chi connectivity index (χ4n) is 3.44. The van der Waals surface area contributed by atoms with Crippen molar-refractivity contribution in [2.45, 2.75) is 4.90 Å². The molecule has 3 aromatic carbocycles. The number of amides is 1. The van der Waals surface area contributed by atoms with E-state index < -0.39 is 10.0 Å². The predicted octanol–water partition coefficient (Wildman–Crippen LogP) is 4.72. The van der Waals surface area contributed by atoms with Crippen LogP contribution in [-0.2, 0) is 10.0 Å². The second-order valence-corrected chi connectivity index (χ2v) is 10.3. The molecule has 8 nitrogen and oxygen atoms in total. The lowest BCUT2D eigenvalue weighted by Gasteiger charge is -2.14. The van der Waals surface area contributed by atoms with Gasteiger partial charge in [-0.25, -0.2) is 23.4 Å². The lowest BCUT2D eigenvalue weighted by atomic mass is 10.2. The zero-order valence-corrected chi connectivity index (χ0v) is 21.0. The van der Waals surface area contributed by atoms with Gasteiger partial charge in [0.15, 0.2) is 11.6 Å². The van der Waals surface area contributed by atoms with Crippen LogP contribution in [-0.4, -0.2) is 28.9 Å². The molecule has 1 amide bonds. The summed E-state index contributed by atoms with van der Waals surface area (Å²) in [7, 11) is -3.93. The van der Waals surface area contributed by atoms with E-state index in [1.807, 2.05) is 12.1 Å². The Morgan fingerprint density at radius 1 is 0.806 bits per heavy atom. The summed E-state index contributed by atoms with van der Waals surface area (Å²) in [5.74, 6) is -0.0243. The first kappa shape index (κ1) is 23.6. The number of nitrogens with zero attached hydrogens (tertiary/aromatic N) is 4. The first-order valence-corrected chi connectivity index (χ1v) is 13.0. The summed E-state index contributed by atoms with van der Waals surface area (Å²) in [4.78, 5) is 25.8. The van der Waals surface area contributed by atoms with E-state index in [0.29, 0.717) is 22.0 Å². The molecule has 0 aliphatic carbocycles. The van der Waals surface area contributed by atoms with Crippen molar-refractivity contribution in [3.8, 4) is 5.82 Å². The number of carbonyl (C=O) groups excluding carboxylic acids is 1. The number of halogens is 1. The molecular weight excluding hydrogens is 542 g/mol. The highest BCUT2D eigenvalue weighted by molar-refractivity contribution is 9.10. The number of aromatic nitrogens is 3. The third kappa shape index (κ3) is 5.09. The van der Waals surface area contributed by atoms with Crippen molar-refractivity contribution in [3.63, 3.8) is 0 Å². The minimum atomic E-state index is -3.93. The standard InChI is InChI=1S/C26H18BrN5O3S/c27-19-10-12-21(13-11-19)36(34,35)31-24-25(30-23-9-5-4-8-22(23)29-24)32-16-14-20(15-17-32)28-26(33)18-6-2-1-3-7-18/h1-17H,(H,29,31). The van der Waals surface area contributed by atoms with Crippen LogP contribution in [0.4, 0.5) is 5.82 Å². The van der Waals surface area contributed by atoms with Gasteiger partial charge in [0.05, 0.1) is 21.3 Å². The van der Waals surface area contributed by atoms with Gasteiger partial charge in [-0.3, -0.25) is 9.52 Å². The SMILES string of the molecule is O=C(N=c1ccn(-c2nc3ccccc3nc2NS(=O)(=O)c2ccc(Br)cc2)cc1)c1ccccc1. The largest absolute Gasteiger partial charge is 0.305 e. The maximum atomic E-state index is 13.1. The van der Waals surface area contributed by atoms with E-state index in [1.54, 1.807) is 83.7 Å². The van der Waals surface area contributed by atoms with E-state index >= 15 is 0 Å². The van der Waals surface area contributed by atoms with Crippen molar-refractivity contribution in [3.05, 3.63) is 119 Å².